The average Bonchev–Trinajstić information content (AvgIpc) is 3.50. The van der Waals surface area contributed by atoms with Gasteiger partial charge >= 0.3 is 0 Å². The van der Waals surface area contributed by atoms with Crippen molar-refractivity contribution in [3.05, 3.63) is 87.9 Å². The summed E-state index contributed by atoms with van der Waals surface area (Å²) in [6.07, 6.45) is 4.18. The minimum atomic E-state index is -4.18. The van der Waals surface area contributed by atoms with Crippen molar-refractivity contribution in [2.45, 2.75) is 76.4 Å². The molecule has 3 aromatic rings. The monoisotopic (exact) mass is 659 g/mol. The molecule has 1 saturated carbocycles. The normalized spacial score (nSPS) is 14.2. The summed E-state index contributed by atoms with van der Waals surface area (Å²) in [6, 6.07) is 17.1. The number of sulfonamides is 1. The molecule has 1 atom stereocenters. The fourth-order valence-corrected chi connectivity index (χ4v) is 7.24. The summed E-state index contributed by atoms with van der Waals surface area (Å²) in [7, 11) is -4.18. The van der Waals surface area contributed by atoms with E-state index in [2.05, 4.69) is 5.32 Å². The van der Waals surface area contributed by atoms with Crippen molar-refractivity contribution in [3.63, 3.8) is 0 Å². The molecule has 0 aromatic heterocycles. The summed E-state index contributed by atoms with van der Waals surface area (Å²) in [5.41, 5.74) is 1.78. The molecule has 11 heteroatoms. The lowest BCUT2D eigenvalue weighted by Gasteiger charge is -2.34. The lowest BCUT2D eigenvalue weighted by atomic mass is 10.1. The highest BCUT2D eigenvalue weighted by atomic mass is 35.5. The summed E-state index contributed by atoms with van der Waals surface area (Å²) in [4.78, 5) is 29.4. The van der Waals surface area contributed by atoms with Gasteiger partial charge in [-0.15, -0.1) is 0 Å². The molecule has 1 unspecified atom stereocenters. The van der Waals surface area contributed by atoms with Crippen LogP contribution in [0, 0.1) is 6.92 Å². The molecular weight excluding hydrogens is 621 g/mol. The van der Waals surface area contributed by atoms with Gasteiger partial charge in [0.1, 0.15) is 18.3 Å². The highest BCUT2D eigenvalue weighted by Crippen LogP contribution is 2.28. The minimum Gasteiger partial charge on any atom is -0.494 e. The Morgan fingerprint density at radius 3 is 2.23 bits per heavy atom. The SMILES string of the molecule is CCOc1ccc(N(CC(=O)N(Cc2ccc(Cl)cc2Cl)C(CC)C(=O)NC2CCCC2)S(=O)(=O)c2ccc(C)cc2)cc1. The second-order valence-electron chi connectivity index (χ2n) is 10.9. The summed E-state index contributed by atoms with van der Waals surface area (Å²) < 4.78 is 34.8. The fourth-order valence-electron chi connectivity index (χ4n) is 5.36. The number of hydrogen-bond donors (Lipinski definition) is 1. The lowest BCUT2D eigenvalue weighted by Crippen LogP contribution is -2.53. The fraction of sp³-hybridized carbons (Fsp3) is 0.394. The molecule has 4 rings (SSSR count). The summed E-state index contributed by atoms with van der Waals surface area (Å²) in [6.45, 7) is 5.46. The van der Waals surface area contributed by atoms with E-state index in [1.54, 1.807) is 54.6 Å². The Labute approximate surface area is 270 Å². The van der Waals surface area contributed by atoms with E-state index in [1.165, 1.54) is 17.0 Å². The molecule has 2 amide bonds. The zero-order valence-corrected chi connectivity index (χ0v) is 27.6. The van der Waals surface area contributed by atoms with Crippen LogP contribution >= 0.6 is 23.2 Å². The third kappa shape index (κ3) is 8.25. The number of nitrogens with one attached hydrogen (secondary N) is 1. The van der Waals surface area contributed by atoms with Gasteiger partial charge in [0.2, 0.25) is 11.8 Å². The maximum atomic E-state index is 14.3. The Morgan fingerprint density at radius 2 is 1.64 bits per heavy atom. The van der Waals surface area contributed by atoms with Gasteiger partial charge in [-0.25, -0.2) is 8.42 Å². The smallest absolute Gasteiger partial charge is 0.264 e. The van der Waals surface area contributed by atoms with Gasteiger partial charge in [-0.3, -0.25) is 13.9 Å². The van der Waals surface area contributed by atoms with Crippen molar-refractivity contribution < 1.29 is 22.7 Å². The van der Waals surface area contributed by atoms with Crippen molar-refractivity contribution in [1.29, 1.82) is 0 Å². The maximum absolute atomic E-state index is 14.3. The molecule has 44 heavy (non-hydrogen) atoms. The van der Waals surface area contributed by atoms with E-state index in [0.29, 0.717) is 34.4 Å². The van der Waals surface area contributed by atoms with E-state index in [-0.39, 0.29) is 29.1 Å². The van der Waals surface area contributed by atoms with Crippen LogP contribution in [0.2, 0.25) is 10.0 Å². The molecule has 0 spiro atoms. The summed E-state index contributed by atoms with van der Waals surface area (Å²) in [5.74, 6) is -0.246. The van der Waals surface area contributed by atoms with E-state index >= 15 is 0 Å². The van der Waals surface area contributed by atoms with Crippen molar-refractivity contribution >= 4 is 50.7 Å². The number of carbonyl (C=O) groups is 2. The zero-order valence-electron chi connectivity index (χ0n) is 25.3. The van der Waals surface area contributed by atoms with E-state index in [0.717, 1.165) is 35.6 Å². The molecule has 1 N–H and O–H groups in total. The molecule has 0 saturated heterocycles. The topological polar surface area (TPSA) is 96.0 Å². The van der Waals surface area contributed by atoms with Crippen molar-refractivity contribution in [2.75, 3.05) is 17.5 Å². The number of aryl methyl sites for hydroxylation is 1. The number of benzene rings is 3. The first kappa shape index (κ1) is 33.6. The molecule has 8 nitrogen and oxygen atoms in total. The number of rotatable bonds is 13. The van der Waals surface area contributed by atoms with Crippen LogP contribution in [0.25, 0.3) is 0 Å². The van der Waals surface area contributed by atoms with Gasteiger partial charge in [0.05, 0.1) is 17.2 Å². The second-order valence-corrected chi connectivity index (χ2v) is 13.6. The number of amides is 2. The van der Waals surface area contributed by atoms with Crippen LogP contribution in [0.4, 0.5) is 5.69 Å². The number of ether oxygens (including phenoxy) is 1. The van der Waals surface area contributed by atoms with E-state index < -0.39 is 28.5 Å². The minimum absolute atomic E-state index is 0.00682. The second kappa shape index (κ2) is 15.1. The molecule has 0 heterocycles. The van der Waals surface area contributed by atoms with Gasteiger partial charge in [0.25, 0.3) is 10.0 Å². The third-order valence-corrected chi connectivity index (χ3v) is 10.1. The van der Waals surface area contributed by atoms with Crippen molar-refractivity contribution in [3.8, 4) is 5.75 Å². The van der Waals surface area contributed by atoms with Crippen LogP contribution in [-0.4, -0.2) is 50.4 Å². The molecule has 236 valence electrons. The third-order valence-electron chi connectivity index (χ3n) is 7.77. The van der Waals surface area contributed by atoms with E-state index in [4.69, 9.17) is 27.9 Å². The zero-order chi connectivity index (χ0) is 31.9. The van der Waals surface area contributed by atoms with Crippen LogP contribution < -0.4 is 14.4 Å². The molecule has 0 aliphatic heterocycles. The Kier molecular flexibility index (Phi) is 11.6. The van der Waals surface area contributed by atoms with Gasteiger partial charge in [0.15, 0.2) is 0 Å². The first-order valence-corrected chi connectivity index (χ1v) is 17.1. The number of hydrogen-bond acceptors (Lipinski definition) is 5. The highest BCUT2D eigenvalue weighted by Gasteiger charge is 2.35. The van der Waals surface area contributed by atoms with Gasteiger partial charge in [-0.2, -0.15) is 0 Å². The Hall–Kier alpha value is -3.27. The number of carbonyl (C=O) groups excluding carboxylic acids is 2. The first-order chi connectivity index (χ1) is 21.0. The Morgan fingerprint density at radius 1 is 0.977 bits per heavy atom. The summed E-state index contributed by atoms with van der Waals surface area (Å²) >= 11 is 12.6. The molecular formula is C33H39Cl2N3O5S. The summed E-state index contributed by atoms with van der Waals surface area (Å²) in [5, 5.41) is 3.89. The number of halogens is 2. The molecule has 0 radical (unpaired) electrons. The predicted molar refractivity (Wildman–Crippen MR) is 175 cm³/mol. The van der Waals surface area contributed by atoms with Gasteiger partial charge in [-0.05, 0) is 87.2 Å². The van der Waals surface area contributed by atoms with Crippen molar-refractivity contribution in [1.82, 2.24) is 10.2 Å². The van der Waals surface area contributed by atoms with E-state index in [9.17, 15) is 18.0 Å². The van der Waals surface area contributed by atoms with Crippen molar-refractivity contribution in [2.24, 2.45) is 0 Å². The molecule has 1 aliphatic rings. The highest BCUT2D eigenvalue weighted by molar-refractivity contribution is 7.92. The van der Waals surface area contributed by atoms with Crippen LogP contribution in [0.3, 0.4) is 0 Å². The average molecular weight is 661 g/mol. The number of anilines is 1. The Balaban J connectivity index is 1.73. The van der Waals surface area contributed by atoms with E-state index in [1.807, 2.05) is 20.8 Å². The largest absolute Gasteiger partial charge is 0.494 e. The first-order valence-electron chi connectivity index (χ1n) is 14.9. The quantitative estimate of drug-likeness (QED) is 0.219. The van der Waals surface area contributed by atoms with Gasteiger partial charge in [-0.1, -0.05) is 66.7 Å². The Bertz CT molecular complexity index is 1540. The van der Waals surface area contributed by atoms with Crippen LogP contribution in [0.15, 0.2) is 71.6 Å². The van der Waals surface area contributed by atoms with Crippen LogP contribution in [0.5, 0.6) is 5.75 Å². The standard InChI is InChI=1S/C33H39Cl2N3O5S/c1-4-31(33(40)36-26-8-6-7-9-26)37(21-24-12-13-25(34)20-30(24)35)32(39)22-38(27-14-16-28(17-15-27)43-5-2)44(41,42)29-18-10-23(3)11-19-29/h10-20,26,31H,4-9,21-22H2,1-3H3,(H,36,40). The van der Waals surface area contributed by atoms with Crippen LogP contribution in [0.1, 0.15) is 57.1 Å². The van der Waals surface area contributed by atoms with Gasteiger partial charge in [0, 0.05) is 22.6 Å². The number of nitrogens with zero attached hydrogens (tertiary/aromatic N) is 2. The molecule has 0 bridgehead atoms. The maximum Gasteiger partial charge on any atom is 0.264 e. The lowest BCUT2D eigenvalue weighted by molar-refractivity contribution is -0.140. The van der Waals surface area contributed by atoms with Crippen LogP contribution in [-0.2, 0) is 26.2 Å². The molecule has 1 aliphatic carbocycles. The molecule has 3 aromatic carbocycles. The van der Waals surface area contributed by atoms with Gasteiger partial charge < -0.3 is 15.0 Å². The molecule has 1 fully saturated rings. The predicted octanol–water partition coefficient (Wildman–Crippen LogP) is 6.76.